The molecule has 3 aliphatic carbocycles. The largest absolute Gasteiger partial charge is 0.280 e. The second-order valence-corrected chi connectivity index (χ2v) is 14.6. The van der Waals surface area contributed by atoms with Gasteiger partial charge in [0.1, 0.15) is 7.85 Å². The van der Waals surface area contributed by atoms with Crippen molar-refractivity contribution in [1.82, 2.24) is 0 Å². The van der Waals surface area contributed by atoms with E-state index in [9.17, 15) is 0 Å². The van der Waals surface area contributed by atoms with Gasteiger partial charge < -0.3 is 0 Å². The third-order valence-electron chi connectivity index (χ3n) is 11.0. The summed E-state index contributed by atoms with van der Waals surface area (Å²) in [5.41, 5.74) is 23.7. The number of anilines is 1. The summed E-state index contributed by atoms with van der Waals surface area (Å²) in [6.07, 6.45) is 8.61. The minimum absolute atomic E-state index is 0.869. The number of allylic oxidation sites excluding steroid dienone is 11. The molecule has 230 valence electrons. The summed E-state index contributed by atoms with van der Waals surface area (Å²) in [4.78, 5) is 1.20. The maximum atomic E-state index is 7.57. The van der Waals surface area contributed by atoms with E-state index in [0.29, 0.717) is 0 Å². The number of benzene rings is 4. The van der Waals surface area contributed by atoms with Gasteiger partial charge in [-0.2, -0.15) is 0 Å². The van der Waals surface area contributed by atoms with Gasteiger partial charge >= 0.3 is 0 Å². The smallest absolute Gasteiger partial charge is 0.117 e. The Bertz CT molecular complexity index is 2320. The van der Waals surface area contributed by atoms with E-state index in [4.69, 9.17) is 14.4 Å². The lowest BCUT2D eigenvalue weighted by atomic mass is 9.73. The van der Waals surface area contributed by atoms with Crippen LogP contribution in [0.15, 0.2) is 154 Å². The van der Waals surface area contributed by atoms with Crippen LogP contribution in [0.5, 0.6) is 0 Å². The van der Waals surface area contributed by atoms with Crippen LogP contribution in [-0.2, 0) is 6.42 Å². The minimum Gasteiger partial charge on any atom is -0.280 e. The van der Waals surface area contributed by atoms with Gasteiger partial charge in [0.25, 0.3) is 0 Å². The van der Waals surface area contributed by atoms with Gasteiger partial charge in [0.2, 0.25) is 0 Å². The van der Waals surface area contributed by atoms with Crippen LogP contribution in [0.1, 0.15) is 72.1 Å². The van der Waals surface area contributed by atoms with Crippen molar-refractivity contribution in [3.8, 4) is 0 Å². The first-order chi connectivity index (χ1) is 23.4. The minimum atomic E-state index is 0.869. The van der Waals surface area contributed by atoms with Gasteiger partial charge in [-0.15, -0.1) is 0 Å². The van der Waals surface area contributed by atoms with E-state index in [-0.39, 0.29) is 0 Å². The molecule has 0 saturated carbocycles. The third-order valence-corrected chi connectivity index (χ3v) is 12.1. The summed E-state index contributed by atoms with van der Waals surface area (Å²) in [5, 5.41) is 0. The predicted octanol–water partition coefficient (Wildman–Crippen LogP) is 11.6. The maximum absolute atomic E-state index is 7.57. The molecule has 5 aliphatic rings. The van der Waals surface area contributed by atoms with E-state index in [1.807, 2.05) is 0 Å². The SMILES string of the molecule is [B]C1=C2C=C3CC(=C1N1Sc4ccccc4C(=C)c4cccc(c41)C1=C(/C(C)=C(\C)c4ccccc4C)CCC=C21)Cc1ccccc13. The van der Waals surface area contributed by atoms with E-state index in [0.717, 1.165) is 53.6 Å². The average molecular weight is 634 g/mol. The number of rotatable bonds is 2. The van der Waals surface area contributed by atoms with Crippen molar-refractivity contribution in [2.75, 3.05) is 4.31 Å². The maximum Gasteiger partial charge on any atom is 0.117 e. The fourth-order valence-corrected chi connectivity index (χ4v) is 9.73. The molecule has 3 heteroatoms. The van der Waals surface area contributed by atoms with Crippen molar-refractivity contribution in [1.29, 1.82) is 0 Å². The molecule has 0 unspecified atom stereocenters. The molecule has 0 fully saturated rings. The molecule has 0 N–H and O–H groups in total. The summed E-state index contributed by atoms with van der Waals surface area (Å²) in [6.45, 7) is 11.6. The third kappa shape index (κ3) is 4.33. The Balaban J connectivity index is 1.42. The first-order valence-electron chi connectivity index (χ1n) is 17.0. The molecule has 4 aromatic rings. The zero-order chi connectivity index (χ0) is 32.7. The van der Waals surface area contributed by atoms with E-state index in [1.54, 1.807) is 11.9 Å². The van der Waals surface area contributed by atoms with Crippen molar-refractivity contribution in [3.63, 3.8) is 0 Å². The standard InChI is InChI=1S/C45H36BNS/c1-26-13-5-7-15-33(26)27(2)28(3)35-18-11-20-38-40-25-31-24-32(23-30-14-6-8-17-37(30)31)44(43(40)46)47-45-36(19-12-21-39(45)42(35)38)29(4)34-16-9-10-22-41(34)48-47/h5-10,12-17,19-22,25H,4,11,18,23-24H2,1-3H3/b28-27+. The van der Waals surface area contributed by atoms with Crippen LogP contribution in [0, 0.1) is 6.92 Å². The van der Waals surface area contributed by atoms with Gasteiger partial charge in [0.15, 0.2) is 0 Å². The Morgan fingerprint density at radius 1 is 0.792 bits per heavy atom. The number of hydrogen-bond acceptors (Lipinski definition) is 2. The number of para-hydroxylation sites is 1. The van der Waals surface area contributed by atoms with E-state index < -0.39 is 0 Å². The molecule has 2 radical (unpaired) electrons. The first kappa shape index (κ1) is 29.4. The molecule has 2 heterocycles. The van der Waals surface area contributed by atoms with Crippen LogP contribution in [0.4, 0.5) is 5.69 Å². The second-order valence-electron chi connectivity index (χ2n) is 13.6. The number of fused-ring (bicyclic) bond motifs is 10. The van der Waals surface area contributed by atoms with E-state index in [1.165, 1.54) is 83.0 Å². The Labute approximate surface area is 290 Å². The molecule has 4 bridgehead atoms. The van der Waals surface area contributed by atoms with Crippen molar-refractivity contribution < 1.29 is 0 Å². The summed E-state index contributed by atoms with van der Waals surface area (Å²) < 4.78 is 2.49. The van der Waals surface area contributed by atoms with Crippen molar-refractivity contribution in [3.05, 3.63) is 188 Å². The Morgan fingerprint density at radius 2 is 1.52 bits per heavy atom. The van der Waals surface area contributed by atoms with Gasteiger partial charge in [-0.3, -0.25) is 4.31 Å². The number of aryl methyl sites for hydroxylation is 1. The highest BCUT2D eigenvalue weighted by Crippen LogP contribution is 2.57. The first-order valence-corrected chi connectivity index (χ1v) is 17.8. The number of hydrogen-bond donors (Lipinski definition) is 0. The van der Waals surface area contributed by atoms with Crippen LogP contribution < -0.4 is 4.31 Å². The zero-order valence-corrected chi connectivity index (χ0v) is 28.6. The van der Waals surface area contributed by atoms with Crippen molar-refractivity contribution in [2.45, 2.75) is 51.3 Å². The fraction of sp³-hybridized carbons (Fsp3) is 0.156. The highest BCUT2D eigenvalue weighted by molar-refractivity contribution is 8.01. The molecule has 2 aliphatic heterocycles. The predicted molar refractivity (Wildman–Crippen MR) is 206 cm³/mol. The van der Waals surface area contributed by atoms with Crippen molar-refractivity contribution in [2.24, 2.45) is 0 Å². The van der Waals surface area contributed by atoms with Gasteiger partial charge in [0, 0.05) is 21.7 Å². The lowest BCUT2D eigenvalue weighted by Crippen LogP contribution is -2.24. The summed E-state index contributed by atoms with van der Waals surface area (Å²) >= 11 is 1.80. The second kappa shape index (κ2) is 11.2. The van der Waals surface area contributed by atoms with Crippen LogP contribution in [0.2, 0.25) is 0 Å². The molecular formula is C45H36BNS. The summed E-state index contributed by atoms with van der Waals surface area (Å²) in [5.74, 6) is 0. The molecule has 0 atom stereocenters. The lowest BCUT2D eigenvalue weighted by Gasteiger charge is -2.37. The quantitative estimate of drug-likeness (QED) is 0.160. The molecule has 1 nitrogen and oxygen atoms in total. The zero-order valence-electron chi connectivity index (χ0n) is 27.8. The molecule has 48 heavy (non-hydrogen) atoms. The molecule has 0 saturated heterocycles. The highest BCUT2D eigenvalue weighted by Gasteiger charge is 2.38. The lowest BCUT2D eigenvalue weighted by molar-refractivity contribution is 0.961. The van der Waals surface area contributed by atoms with E-state index in [2.05, 4.69) is 128 Å². The van der Waals surface area contributed by atoms with Gasteiger partial charge in [-0.1, -0.05) is 109 Å². The highest BCUT2D eigenvalue weighted by atomic mass is 32.2. The van der Waals surface area contributed by atoms with Crippen LogP contribution in [0.3, 0.4) is 0 Å². The van der Waals surface area contributed by atoms with Crippen LogP contribution in [-0.4, -0.2) is 7.85 Å². The van der Waals surface area contributed by atoms with Gasteiger partial charge in [0.05, 0.1) is 5.69 Å². The topological polar surface area (TPSA) is 3.24 Å². The molecule has 9 rings (SSSR count). The summed E-state index contributed by atoms with van der Waals surface area (Å²) in [6, 6.07) is 33.2. The van der Waals surface area contributed by atoms with Crippen molar-refractivity contribution >= 4 is 47.8 Å². The van der Waals surface area contributed by atoms with E-state index >= 15 is 0 Å². The monoisotopic (exact) mass is 633 g/mol. The Morgan fingerprint density at radius 3 is 2.38 bits per heavy atom. The number of nitrogens with zero attached hydrogens (tertiary/aromatic N) is 1. The molecule has 0 amide bonds. The average Bonchev–Trinajstić information content (AvgIpc) is 3.31. The van der Waals surface area contributed by atoms with Crippen LogP contribution in [0.25, 0.3) is 22.3 Å². The van der Waals surface area contributed by atoms with Gasteiger partial charge in [-0.05, 0) is 142 Å². The Kier molecular flexibility index (Phi) is 6.85. The molecule has 4 aromatic carbocycles. The fourth-order valence-electron chi connectivity index (χ4n) is 8.50. The molecular weight excluding hydrogens is 597 g/mol. The van der Waals surface area contributed by atoms with Gasteiger partial charge in [-0.25, -0.2) is 0 Å². The Hall–Kier alpha value is -4.73. The van der Waals surface area contributed by atoms with Crippen LogP contribution >= 0.6 is 11.9 Å². The summed E-state index contributed by atoms with van der Waals surface area (Å²) in [7, 11) is 7.57. The molecule has 0 spiro atoms. The normalized spacial score (nSPS) is 18.3. The molecule has 0 aromatic heterocycles.